The van der Waals surface area contributed by atoms with Crippen molar-refractivity contribution in [3.63, 3.8) is 0 Å². The van der Waals surface area contributed by atoms with Crippen LogP contribution in [0.5, 0.6) is 0 Å². The predicted octanol–water partition coefficient (Wildman–Crippen LogP) is 2.61. The predicted molar refractivity (Wildman–Crippen MR) is 73.9 cm³/mol. The molecule has 5 heteroatoms. The van der Waals surface area contributed by atoms with Gasteiger partial charge < -0.3 is 15.0 Å². The van der Waals surface area contributed by atoms with Crippen LogP contribution in [0.1, 0.15) is 49.2 Å². The summed E-state index contributed by atoms with van der Waals surface area (Å²) in [6.07, 6.45) is 2.28. The van der Waals surface area contributed by atoms with Crippen molar-refractivity contribution >= 4 is 0 Å². The van der Waals surface area contributed by atoms with Crippen LogP contribution in [0.3, 0.4) is 0 Å². The van der Waals surface area contributed by atoms with Crippen LogP contribution in [-0.4, -0.2) is 16.7 Å². The molecule has 2 aromatic rings. The van der Waals surface area contributed by atoms with E-state index in [0.717, 1.165) is 5.56 Å². The minimum atomic E-state index is -0.390. The Morgan fingerprint density at radius 3 is 2.75 bits per heavy atom. The number of nitrogens with two attached hydrogens (primary N) is 1. The number of aromatic nitrogens is 2. The Balaban J connectivity index is 1.79. The van der Waals surface area contributed by atoms with Gasteiger partial charge in [0.25, 0.3) is 0 Å². The van der Waals surface area contributed by atoms with Crippen molar-refractivity contribution in [3.05, 3.63) is 47.6 Å². The van der Waals surface area contributed by atoms with E-state index in [1.54, 1.807) is 0 Å². The Labute approximate surface area is 118 Å². The summed E-state index contributed by atoms with van der Waals surface area (Å²) in [6.45, 7) is 2.63. The maximum atomic E-state index is 6.16. The van der Waals surface area contributed by atoms with Crippen LogP contribution in [-0.2, 0) is 4.74 Å². The largest absolute Gasteiger partial charge is 0.370 e. The second-order valence-electron chi connectivity index (χ2n) is 5.09. The maximum absolute atomic E-state index is 6.16. The molecule has 1 fully saturated rings. The molecule has 1 saturated carbocycles. The standard InChI is InChI=1S/C15H19N3O2/c1-2-19-13(11-8-9-11)14-17-15(20-18-14)12(16)10-6-4-3-5-7-10/h3-7,11-13H,2,8-9,16H2,1H3/t12-,13?/m1/s1. The Morgan fingerprint density at radius 1 is 1.35 bits per heavy atom. The van der Waals surface area contributed by atoms with Gasteiger partial charge in [0.1, 0.15) is 12.1 Å². The minimum Gasteiger partial charge on any atom is -0.370 e. The van der Waals surface area contributed by atoms with Crippen molar-refractivity contribution in [1.29, 1.82) is 0 Å². The molecule has 1 aromatic heterocycles. The third kappa shape index (κ3) is 2.73. The summed E-state index contributed by atoms with van der Waals surface area (Å²) < 4.78 is 11.0. The van der Waals surface area contributed by atoms with Gasteiger partial charge in [0, 0.05) is 6.61 Å². The summed E-state index contributed by atoms with van der Waals surface area (Å²) in [5, 5.41) is 4.05. The van der Waals surface area contributed by atoms with Crippen molar-refractivity contribution < 1.29 is 9.26 Å². The van der Waals surface area contributed by atoms with Gasteiger partial charge in [-0.15, -0.1) is 0 Å². The molecule has 0 amide bonds. The molecule has 20 heavy (non-hydrogen) atoms. The van der Waals surface area contributed by atoms with Gasteiger partial charge in [0.15, 0.2) is 0 Å². The fourth-order valence-electron chi connectivity index (χ4n) is 2.29. The van der Waals surface area contributed by atoms with E-state index in [1.807, 2.05) is 37.3 Å². The topological polar surface area (TPSA) is 74.2 Å². The zero-order valence-corrected chi connectivity index (χ0v) is 11.5. The lowest BCUT2D eigenvalue weighted by Crippen LogP contribution is -2.13. The highest BCUT2D eigenvalue weighted by atomic mass is 16.5. The van der Waals surface area contributed by atoms with E-state index in [4.69, 9.17) is 15.0 Å². The second kappa shape index (κ2) is 5.73. The first-order valence-corrected chi connectivity index (χ1v) is 7.05. The smallest absolute Gasteiger partial charge is 0.248 e. The molecule has 3 rings (SSSR count). The molecule has 2 N–H and O–H groups in total. The molecular formula is C15H19N3O2. The molecule has 1 heterocycles. The number of ether oxygens (including phenoxy) is 1. The molecule has 106 valence electrons. The highest BCUT2D eigenvalue weighted by Gasteiger charge is 2.36. The van der Waals surface area contributed by atoms with Crippen molar-refractivity contribution in [2.45, 2.75) is 31.9 Å². The zero-order chi connectivity index (χ0) is 13.9. The van der Waals surface area contributed by atoms with E-state index in [9.17, 15) is 0 Å². The van der Waals surface area contributed by atoms with Gasteiger partial charge in [0.2, 0.25) is 11.7 Å². The SMILES string of the molecule is CCOC(c1noc([C@H](N)c2ccccc2)n1)C1CC1. The van der Waals surface area contributed by atoms with Crippen LogP contribution >= 0.6 is 0 Å². The highest BCUT2D eigenvalue weighted by molar-refractivity contribution is 5.23. The van der Waals surface area contributed by atoms with E-state index in [0.29, 0.717) is 24.2 Å². The van der Waals surface area contributed by atoms with Crippen molar-refractivity contribution in [2.24, 2.45) is 11.7 Å². The highest BCUT2D eigenvalue weighted by Crippen LogP contribution is 2.42. The van der Waals surface area contributed by atoms with Crippen LogP contribution in [0, 0.1) is 5.92 Å². The van der Waals surface area contributed by atoms with E-state index in [2.05, 4.69) is 10.1 Å². The molecule has 1 aromatic carbocycles. The summed E-state index contributed by atoms with van der Waals surface area (Å²) in [5.74, 6) is 1.58. The lowest BCUT2D eigenvalue weighted by Gasteiger charge is -2.11. The molecule has 1 aliphatic carbocycles. The summed E-state index contributed by atoms with van der Waals surface area (Å²) in [5.41, 5.74) is 7.12. The second-order valence-corrected chi connectivity index (χ2v) is 5.09. The zero-order valence-electron chi connectivity index (χ0n) is 11.5. The maximum Gasteiger partial charge on any atom is 0.248 e. The lowest BCUT2D eigenvalue weighted by molar-refractivity contribution is 0.0384. The average molecular weight is 273 g/mol. The summed E-state index contributed by atoms with van der Waals surface area (Å²) in [4.78, 5) is 4.44. The first kappa shape index (κ1) is 13.3. The van der Waals surface area contributed by atoms with Gasteiger partial charge in [-0.1, -0.05) is 35.5 Å². The molecule has 2 atom stereocenters. The van der Waals surface area contributed by atoms with Gasteiger partial charge in [0.05, 0.1) is 0 Å². The Kier molecular flexibility index (Phi) is 3.80. The van der Waals surface area contributed by atoms with Gasteiger partial charge in [-0.25, -0.2) is 0 Å². The van der Waals surface area contributed by atoms with Crippen molar-refractivity contribution in [3.8, 4) is 0 Å². The lowest BCUT2D eigenvalue weighted by atomic mass is 10.1. The third-order valence-corrected chi connectivity index (χ3v) is 3.53. The van der Waals surface area contributed by atoms with E-state index in [1.165, 1.54) is 12.8 Å². The molecule has 0 spiro atoms. The van der Waals surface area contributed by atoms with E-state index in [-0.39, 0.29) is 12.1 Å². The molecular weight excluding hydrogens is 254 g/mol. The number of hydrogen-bond donors (Lipinski definition) is 1. The van der Waals surface area contributed by atoms with Crippen molar-refractivity contribution in [1.82, 2.24) is 10.1 Å². The Hall–Kier alpha value is -1.72. The number of nitrogens with zero attached hydrogens (tertiary/aromatic N) is 2. The van der Waals surface area contributed by atoms with Crippen molar-refractivity contribution in [2.75, 3.05) is 6.61 Å². The van der Waals surface area contributed by atoms with Crippen LogP contribution in [0.4, 0.5) is 0 Å². The minimum absolute atomic E-state index is 0.0551. The molecule has 0 radical (unpaired) electrons. The van der Waals surface area contributed by atoms with Crippen LogP contribution in [0.2, 0.25) is 0 Å². The fraction of sp³-hybridized carbons (Fsp3) is 0.467. The normalized spacial score (nSPS) is 17.9. The molecule has 0 aliphatic heterocycles. The van der Waals surface area contributed by atoms with Gasteiger partial charge >= 0.3 is 0 Å². The molecule has 1 unspecified atom stereocenters. The van der Waals surface area contributed by atoms with E-state index >= 15 is 0 Å². The fourth-order valence-corrected chi connectivity index (χ4v) is 2.29. The first-order chi connectivity index (χ1) is 9.79. The monoisotopic (exact) mass is 273 g/mol. The Bertz CT molecular complexity index is 551. The number of rotatable bonds is 6. The summed E-state index contributed by atoms with van der Waals surface area (Å²) >= 11 is 0. The number of benzene rings is 1. The summed E-state index contributed by atoms with van der Waals surface area (Å²) in [6, 6.07) is 9.36. The Morgan fingerprint density at radius 2 is 2.10 bits per heavy atom. The van der Waals surface area contributed by atoms with Crippen LogP contribution in [0.15, 0.2) is 34.9 Å². The number of hydrogen-bond acceptors (Lipinski definition) is 5. The molecule has 0 saturated heterocycles. The molecule has 5 nitrogen and oxygen atoms in total. The van der Waals surface area contributed by atoms with E-state index < -0.39 is 0 Å². The van der Waals surface area contributed by atoms with Crippen LogP contribution < -0.4 is 5.73 Å². The first-order valence-electron chi connectivity index (χ1n) is 7.05. The van der Waals surface area contributed by atoms with Crippen LogP contribution in [0.25, 0.3) is 0 Å². The summed E-state index contributed by atoms with van der Waals surface area (Å²) in [7, 11) is 0. The van der Waals surface area contributed by atoms with Gasteiger partial charge in [-0.3, -0.25) is 0 Å². The molecule has 0 bridgehead atoms. The van der Waals surface area contributed by atoms with Gasteiger partial charge in [-0.2, -0.15) is 4.98 Å². The quantitative estimate of drug-likeness (QED) is 0.875. The average Bonchev–Trinajstić information content (AvgIpc) is 3.21. The van der Waals surface area contributed by atoms with Gasteiger partial charge in [-0.05, 0) is 31.2 Å². The third-order valence-electron chi connectivity index (χ3n) is 3.53. The molecule has 1 aliphatic rings.